The van der Waals surface area contributed by atoms with Gasteiger partial charge in [-0.05, 0) is 6.92 Å². The molecule has 0 atom stereocenters. The minimum Gasteiger partial charge on any atom is -0.360 e. The summed E-state index contributed by atoms with van der Waals surface area (Å²) in [5.41, 5.74) is 2.08. The van der Waals surface area contributed by atoms with Gasteiger partial charge in [-0.25, -0.2) is 9.37 Å². The van der Waals surface area contributed by atoms with Crippen LogP contribution in [-0.2, 0) is 6.42 Å². The second-order valence-corrected chi connectivity index (χ2v) is 5.81. The predicted octanol–water partition coefficient (Wildman–Crippen LogP) is 2.69. The van der Waals surface area contributed by atoms with E-state index in [0.717, 1.165) is 11.8 Å². The van der Waals surface area contributed by atoms with Crippen LogP contribution in [0.5, 0.6) is 0 Å². The van der Waals surface area contributed by atoms with E-state index in [1.54, 1.807) is 19.0 Å². The van der Waals surface area contributed by atoms with Gasteiger partial charge in [-0.1, -0.05) is 35.0 Å². The SMILES string of the molecule is Cc1ccc(-c2noc(CCNc3ncc(F)c(N(C)C)n3)n2)cc1. The van der Waals surface area contributed by atoms with Crippen LogP contribution in [0.2, 0.25) is 0 Å². The molecule has 0 fully saturated rings. The van der Waals surface area contributed by atoms with Crippen molar-refractivity contribution >= 4 is 11.8 Å². The number of hydrogen-bond acceptors (Lipinski definition) is 7. The van der Waals surface area contributed by atoms with Crippen LogP contribution in [0.25, 0.3) is 11.4 Å². The first-order valence-corrected chi connectivity index (χ1v) is 7.86. The van der Waals surface area contributed by atoms with Gasteiger partial charge in [-0.15, -0.1) is 0 Å². The summed E-state index contributed by atoms with van der Waals surface area (Å²) in [6.07, 6.45) is 1.66. The molecular formula is C17H19FN6O. The summed E-state index contributed by atoms with van der Waals surface area (Å²) < 4.78 is 18.8. The second-order valence-electron chi connectivity index (χ2n) is 5.81. The lowest BCUT2D eigenvalue weighted by Gasteiger charge is -2.13. The van der Waals surface area contributed by atoms with Crippen LogP contribution < -0.4 is 10.2 Å². The topological polar surface area (TPSA) is 80.0 Å². The minimum absolute atomic E-state index is 0.233. The second kappa shape index (κ2) is 7.25. The van der Waals surface area contributed by atoms with Gasteiger partial charge in [0.25, 0.3) is 0 Å². The summed E-state index contributed by atoms with van der Waals surface area (Å²) in [4.78, 5) is 14.0. The summed E-state index contributed by atoms with van der Waals surface area (Å²) in [6.45, 7) is 2.52. The zero-order valence-electron chi connectivity index (χ0n) is 14.3. The Morgan fingerprint density at radius 3 is 2.64 bits per heavy atom. The van der Waals surface area contributed by atoms with Gasteiger partial charge in [-0.3, -0.25) is 0 Å². The van der Waals surface area contributed by atoms with Crippen LogP contribution >= 0.6 is 0 Å². The highest BCUT2D eigenvalue weighted by molar-refractivity contribution is 5.54. The lowest BCUT2D eigenvalue weighted by Crippen LogP contribution is -2.15. The van der Waals surface area contributed by atoms with Crippen LogP contribution in [0.4, 0.5) is 16.2 Å². The van der Waals surface area contributed by atoms with Crippen molar-refractivity contribution in [3.63, 3.8) is 0 Å². The lowest BCUT2D eigenvalue weighted by molar-refractivity contribution is 0.381. The molecule has 0 amide bonds. The van der Waals surface area contributed by atoms with Crippen LogP contribution in [0.3, 0.4) is 0 Å². The van der Waals surface area contributed by atoms with Crippen LogP contribution in [0.15, 0.2) is 35.0 Å². The largest absolute Gasteiger partial charge is 0.360 e. The van der Waals surface area contributed by atoms with E-state index in [0.29, 0.717) is 30.6 Å². The summed E-state index contributed by atoms with van der Waals surface area (Å²) in [7, 11) is 3.44. The Morgan fingerprint density at radius 2 is 1.92 bits per heavy atom. The summed E-state index contributed by atoms with van der Waals surface area (Å²) >= 11 is 0. The number of hydrogen-bond donors (Lipinski definition) is 1. The van der Waals surface area contributed by atoms with Gasteiger partial charge >= 0.3 is 0 Å². The van der Waals surface area contributed by atoms with Crippen molar-refractivity contribution in [1.29, 1.82) is 0 Å². The van der Waals surface area contributed by atoms with Crippen LogP contribution in [0.1, 0.15) is 11.5 Å². The Labute approximate surface area is 144 Å². The minimum atomic E-state index is -0.463. The average molecular weight is 342 g/mol. The van der Waals surface area contributed by atoms with E-state index in [-0.39, 0.29) is 5.82 Å². The molecule has 0 spiro atoms. The summed E-state index contributed by atoms with van der Waals surface area (Å²) in [6, 6.07) is 7.91. The number of rotatable bonds is 6. The first-order chi connectivity index (χ1) is 12.0. The van der Waals surface area contributed by atoms with E-state index in [1.165, 1.54) is 5.56 Å². The highest BCUT2D eigenvalue weighted by atomic mass is 19.1. The number of halogens is 1. The van der Waals surface area contributed by atoms with Crippen molar-refractivity contribution in [2.45, 2.75) is 13.3 Å². The van der Waals surface area contributed by atoms with E-state index in [4.69, 9.17) is 4.52 Å². The van der Waals surface area contributed by atoms with Gasteiger partial charge in [0, 0.05) is 32.6 Å². The molecule has 1 aromatic carbocycles. The molecular weight excluding hydrogens is 323 g/mol. The third kappa shape index (κ3) is 4.09. The van der Waals surface area contributed by atoms with Crippen molar-refractivity contribution in [2.24, 2.45) is 0 Å². The molecule has 1 N–H and O–H groups in total. The molecule has 7 nitrogen and oxygen atoms in total. The van der Waals surface area contributed by atoms with Gasteiger partial charge in [0.15, 0.2) is 11.6 Å². The molecule has 0 bridgehead atoms. The maximum atomic E-state index is 13.6. The Hall–Kier alpha value is -3.03. The van der Waals surface area contributed by atoms with Gasteiger partial charge in [0.1, 0.15) is 0 Å². The summed E-state index contributed by atoms with van der Waals surface area (Å²) in [5.74, 6) is 1.19. The first kappa shape index (κ1) is 16.8. The number of nitrogens with one attached hydrogen (secondary N) is 1. The zero-order valence-corrected chi connectivity index (χ0v) is 14.3. The lowest BCUT2D eigenvalue weighted by atomic mass is 10.1. The third-order valence-corrected chi connectivity index (χ3v) is 3.55. The van der Waals surface area contributed by atoms with Gasteiger partial charge in [-0.2, -0.15) is 9.97 Å². The van der Waals surface area contributed by atoms with Crippen LogP contribution in [-0.4, -0.2) is 40.7 Å². The third-order valence-electron chi connectivity index (χ3n) is 3.55. The van der Waals surface area contributed by atoms with Crippen molar-refractivity contribution in [1.82, 2.24) is 20.1 Å². The normalized spacial score (nSPS) is 10.7. The highest BCUT2D eigenvalue weighted by Crippen LogP contribution is 2.17. The molecule has 0 unspecified atom stereocenters. The Morgan fingerprint density at radius 1 is 1.16 bits per heavy atom. The number of benzene rings is 1. The molecule has 2 aromatic heterocycles. The number of nitrogens with zero attached hydrogens (tertiary/aromatic N) is 5. The fourth-order valence-corrected chi connectivity index (χ4v) is 2.21. The maximum Gasteiger partial charge on any atom is 0.228 e. The van der Waals surface area contributed by atoms with E-state index < -0.39 is 5.82 Å². The number of aromatic nitrogens is 4. The highest BCUT2D eigenvalue weighted by Gasteiger charge is 2.10. The average Bonchev–Trinajstić information content (AvgIpc) is 3.05. The maximum absolute atomic E-state index is 13.6. The molecule has 25 heavy (non-hydrogen) atoms. The number of anilines is 2. The standard InChI is InChI=1S/C17H19FN6O/c1-11-4-6-12(7-5-11)15-21-14(25-23-15)8-9-19-17-20-10-13(18)16(22-17)24(2)3/h4-7,10H,8-9H2,1-3H3,(H,19,20,22). The number of aryl methyl sites for hydroxylation is 1. The fourth-order valence-electron chi connectivity index (χ4n) is 2.21. The Bertz CT molecular complexity index is 847. The predicted molar refractivity (Wildman–Crippen MR) is 93.0 cm³/mol. The molecule has 3 aromatic rings. The van der Waals surface area contributed by atoms with E-state index in [1.807, 2.05) is 31.2 Å². The zero-order chi connectivity index (χ0) is 17.8. The molecule has 0 aliphatic rings. The van der Waals surface area contributed by atoms with Gasteiger partial charge < -0.3 is 14.7 Å². The van der Waals surface area contributed by atoms with Crippen molar-refractivity contribution in [2.75, 3.05) is 30.9 Å². The van der Waals surface area contributed by atoms with Crippen molar-refractivity contribution in [3.05, 3.63) is 47.7 Å². The molecule has 0 aliphatic heterocycles. The van der Waals surface area contributed by atoms with Gasteiger partial charge in [0.05, 0.1) is 6.20 Å². The fraction of sp³-hybridized carbons (Fsp3) is 0.294. The van der Waals surface area contributed by atoms with E-state index in [9.17, 15) is 4.39 Å². The molecule has 0 saturated carbocycles. The Balaban J connectivity index is 1.60. The molecule has 0 radical (unpaired) electrons. The Kier molecular flexibility index (Phi) is 4.87. The smallest absolute Gasteiger partial charge is 0.228 e. The van der Waals surface area contributed by atoms with E-state index in [2.05, 4.69) is 25.4 Å². The summed E-state index contributed by atoms with van der Waals surface area (Å²) in [5, 5.41) is 7.02. The molecule has 8 heteroatoms. The molecule has 130 valence electrons. The molecule has 0 saturated heterocycles. The molecule has 3 rings (SSSR count). The quantitative estimate of drug-likeness (QED) is 0.737. The van der Waals surface area contributed by atoms with Crippen molar-refractivity contribution in [3.8, 4) is 11.4 Å². The van der Waals surface area contributed by atoms with Gasteiger partial charge in [0.2, 0.25) is 17.7 Å². The first-order valence-electron chi connectivity index (χ1n) is 7.86. The molecule has 0 aliphatic carbocycles. The monoisotopic (exact) mass is 342 g/mol. The van der Waals surface area contributed by atoms with E-state index >= 15 is 0 Å². The van der Waals surface area contributed by atoms with Crippen molar-refractivity contribution < 1.29 is 8.91 Å². The van der Waals surface area contributed by atoms with Crippen LogP contribution in [0, 0.1) is 12.7 Å². The molecule has 2 heterocycles.